The van der Waals surface area contributed by atoms with E-state index in [0.717, 1.165) is 12.1 Å². The minimum atomic E-state index is -0.790. The van der Waals surface area contributed by atoms with E-state index in [1.165, 1.54) is 10.6 Å². The number of primary amides is 1. The van der Waals surface area contributed by atoms with Gasteiger partial charge in [-0.15, -0.1) is 0 Å². The molecule has 2 rings (SSSR count). The van der Waals surface area contributed by atoms with Crippen molar-refractivity contribution in [3.63, 3.8) is 0 Å². The highest BCUT2D eigenvalue weighted by Gasteiger charge is 2.20. The third-order valence-corrected chi connectivity index (χ3v) is 3.92. The maximum atomic E-state index is 13.7. The molecule has 1 heterocycles. The molecule has 0 unspecified atom stereocenters. The van der Waals surface area contributed by atoms with Crippen molar-refractivity contribution >= 4 is 21.8 Å². The Labute approximate surface area is 155 Å². The largest absolute Gasteiger partial charge is 0.472 e. The molecule has 0 spiro atoms. The van der Waals surface area contributed by atoms with E-state index in [-0.39, 0.29) is 34.6 Å². The summed E-state index contributed by atoms with van der Waals surface area (Å²) in [6.07, 6.45) is 0. The van der Waals surface area contributed by atoms with Crippen LogP contribution < -0.4 is 20.8 Å². The monoisotopic (exact) mass is 431 g/mol. The van der Waals surface area contributed by atoms with Gasteiger partial charge in [-0.1, -0.05) is 0 Å². The van der Waals surface area contributed by atoms with Crippen LogP contribution >= 0.6 is 15.9 Å². The van der Waals surface area contributed by atoms with Gasteiger partial charge in [0.15, 0.2) is 6.61 Å². The molecule has 0 bridgehead atoms. The SMILES string of the molecule is CC(C)n1c(OCC(N)=O)nc(OCc2ccc(F)cc2F)c(Br)c1=O. The number of ether oxygens (including phenoxy) is 2. The van der Waals surface area contributed by atoms with Crippen molar-refractivity contribution in [1.29, 1.82) is 0 Å². The lowest BCUT2D eigenvalue weighted by molar-refractivity contribution is -0.120. The van der Waals surface area contributed by atoms with E-state index in [1.807, 2.05) is 0 Å². The first-order valence-electron chi connectivity index (χ1n) is 7.50. The summed E-state index contributed by atoms with van der Waals surface area (Å²) in [7, 11) is 0. The zero-order valence-electron chi connectivity index (χ0n) is 14.0. The third-order valence-electron chi connectivity index (χ3n) is 3.24. The Morgan fingerprint density at radius 1 is 1.35 bits per heavy atom. The van der Waals surface area contributed by atoms with Crippen LogP contribution in [0.15, 0.2) is 27.5 Å². The number of nitrogens with two attached hydrogens (primary N) is 1. The minimum Gasteiger partial charge on any atom is -0.472 e. The number of hydrogen-bond donors (Lipinski definition) is 1. The van der Waals surface area contributed by atoms with Gasteiger partial charge in [-0.3, -0.25) is 14.2 Å². The van der Waals surface area contributed by atoms with E-state index in [0.29, 0.717) is 0 Å². The van der Waals surface area contributed by atoms with Crippen LogP contribution in [0.1, 0.15) is 25.5 Å². The molecule has 0 fully saturated rings. The molecule has 2 aromatic rings. The molecule has 140 valence electrons. The molecule has 0 saturated heterocycles. The quantitative estimate of drug-likeness (QED) is 0.725. The van der Waals surface area contributed by atoms with Crippen LogP contribution in [0.5, 0.6) is 11.9 Å². The van der Waals surface area contributed by atoms with E-state index in [9.17, 15) is 18.4 Å². The van der Waals surface area contributed by atoms with Gasteiger partial charge in [0.1, 0.15) is 22.7 Å². The topological polar surface area (TPSA) is 96.4 Å². The predicted molar refractivity (Wildman–Crippen MR) is 92.0 cm³/mol. The minimum absolute atomic E-state index is 0.000134. The highest BCUT2D eigenvalue weighted by molar-refractivity contribution is 9.10. The second-order valence-electron chi connectivity index (χ2n) is 5.56. The van der Waals surface area contributed by atoms with Gasteiger partial charge in [-0.05, 0) is 41.9 Å². The second kappa shape index (κ2) is 8.26. The van der Waals surface area contributed by atoms with E-state index in [2.05, 4.69) is 20.9 Å². The number of carbonyl (C=O) groups excluding carboxylic acids is 1. The van der Waals surface area contributed by atoms with Crippen LogP contribution in [0.2, 0.25) is 0 Å². The maximum Gasteiger partial charge on any atom is 0.303 e. The molecule has 0 radical (unpaired) electrons. The first-order valence-corrected chi connectivity index (χ1v) is 8.29. The first-order chi connectivity index (χ1) is 12.2. The standard InChI is InChI=1S/C16H16BrF2N3O4/c1-8(2)22-15(24)13(17)14(21-16(22)26-7-12(20)23)25-6-9-3-4-10(18)5-11(9)19/h3-5,8H,6-7H2,1-2H3,(H2,20,23). The molecule has 2 N–H and O–H groups in total. The van der Waals surface area contributed by atoms with E-state index in [4.69, 9.17) is 15.2 Å². The molecule has 1 aromatic heterocycles. The summed E-state index contributed by atoms with van der Waals surface area (Å²) in [5, 5.41) is 0. The average Bonchev–Trinajstić information content (AvgIpc) is 2.55. The zero-order chi connectivity index (χ0) is 19.4. The zero-order valence-corrected chi connectivity index (χ0v) is 15.5. The number of nitrogens with zero attached hydrogens (tertiary/aromatic N) is 2. The fourth-order valence-electron chi connectivity index (χ4n) is 2.05. The van der Waals surface area contributed by atoms with Crippen molar-refractivity contribution in [2.24, 2.45) is 5.73 Å². The van der Waals surface area contributed by atoms with Gasteiger partial charge in [0, 0.05) is 17.7 Å². The Kier molecular flexibility index (Phi) is 6.30. The van der Waals surface area contributed by atoms with Gasteiger partial charge in [-0.2, -0.15) is 4.98 Å². The summed E-state index contributed by atoms with van der Waals surface area (Å²) in [5.74, 6) is -2.41. The third kappa shape index (κ3) is 4.57. The Balaban J connectivity index is 2.35. The predicted octanol–water partition coefficient (Wildman–Crippen LogP) is 2.31. The number of amides is 1. The summed E-state index contributed by atoms with van der Waals surface area (Å²) in [4.78, 5) is 27.5. The number of rotatable bonds is 7. The van der Waals surface area contributed by atoms with Gasteiger partial charge < -0.3 is 15.2 Å². The summed E-state index contributed by atoms with van der Waals surface area (Å²) in [5.41, 5.74) is 4.61. The summed E-state index contributed by atoms with van der Waals surface area (Å²) in [6, 6.07) is 2.54. The number of carbonyl (C=O) groups is 1. The molecule has 0 aliphatic carbocycles. The van der Waals surface area contributed by atoms with E-state index < -0.39 is 29.7 Å². The van der Waals surface area contributed by atoms with Gasteiger partial charge >= 0.3 is 6.01 Å². The number of halogens is 3. The second-order valence-corrected chi connectivity index (χ2v) is 6.35. The van der Waals surface area contributed by atoms with E-state index in [1.54, 1.807) is 13.8 Å². The van der Waals surface area contributed by atoms with Crippen molar-refractivity contribution < 1.29 is 23.0 Å². The van der Waals surface area contributed by atoms with Crippen LogP contribution in [0.25, 0.3) is 0 Å². The van der Waals surface area contributed by atoms with Crippen LogP contribution in [0, 0.1) is 11.6 Å². The molecule has 0 aliphatic heterocycles. The van der Waals surface area contributed by atoms with Crippen LogP contribution in [0.4, 0.5) is 8.78 Å². The lowest BCUT2D eigenvalue weighted by Crippen LogP contribution is -2.29. The van der Waals surface area contributed by atoms with E-state index >= 15 is 0 Å². The van der Waals surface area contributed by atoms with Crippen LogP contribution in [-0.2, 0) is 11.4 Å². The van der Waals surface area contributed by atoms with Crippen molar-refractivity contribution in [2.45, 2.75) is 26.5 Å². The molecule has 7 nitrogen and oxygen atoms in total. The molecular formula is C16H16BrF2N3O4. The van der Waals surface area contributed by atoms with Crippen LogP contribution in [-0.4, -0.2) is 22.1 Å². The summed E-state index contributed by atoms with van der Waals surface area (Å²) >= 11 is 3.10. The molecule has 0 aliphatic rings. The molecule has 0 saturated carbocycles. The Morgan fingerprint density at radius 2 is 2.04 bits per heavy atom. The fraction of sp³-hybridized carbons (Fsp3) is 0.312. The maximum absolute atomic E-state index is 13.7. The van der Waals surface area contributed by atoms with Crippen molar-refractivity contribution in [3.05, 3.63) is 50.2 Å². The Hall–Kier alpha value is -2.49. The summed E-state index contributed by atoms with van der Waals surface area (Å²) < 4.78 is 38.4. The van der Waals surface area contributed by atoms with Gasteiger partial charge in [0.05, 0.1) is 0 Å². The summed E-state index contributed by atoms with van der Waals surface area (Å²) in [6.45, 7) is 2.67. The Morgan fingerprint density at radius 3 is 2.62 bits per heavy atom. The lowest BCUT2D eigenvalue weighted by atomic mass is 10.2. The highest BCUT2D eigenvalue weighted by Crippen LogP contribution is 2.25. The normalized spacial score (nSPS) is 10.8. The molecule has 10 heteroatoms. The van der Waals surface area contributed by atoms with Crippen molar-refractivity contribution in [2.75, 3.05) is 6.61 Å². The highest BCUT2D eigenvalue weighted by atomic mass is 79.9. The number of aromatic nitrogens is 2. The van der Waals surface area contributed by atoms with Crippen LogP contribution in [0.3, 0.4) is 0 Å². The lowest BCUT2D eigenvalue weighted by Gasteiger charge is -2.17. The van der Waals surface area contributed by atoms with Gasteiger partial charge in [0.25, 0.3) is 11.5 Å². The van der Waals surface area contributed by atoms with Crippen molar-refractivity contribution in [3.8, 4) is 11.9 Å². The number of benzene rings is 1. The molecule has 1 aromatic carbocycles. The van der Waals surface area contributed by atoms with Gasteiger partial charge in [0.2, 0.25) is 5.88 Å². The molecule has 26 heavy (non-hydrogen) atoms. The molecule has 1 amide bonds. The number of hydrogen-bond acceptors (Lipinski definition) is 5. The average molecular weight is 432 g/mol. The smallest absolute Gasteiger partial charge is 0.303 e. The van der Waals surface area contributed by atoms with Crippen molar-refractivity contribution in [1.82, 2.24) is 9.55 Å². The molecular weight excluding hydrogens is 416 g/mol. The van der Waals surface area contributed by atoms with Gasteiger partial charge in [-0.25, -0.2) is 8.78 Å². The first kappa shape index (κ1) is 19.8. The Bertz CT molecular complexity index is 887. The fourth-order valence-corrected chi connectivity index (χ4v) is 2.44. The molecule has 0 atom stereocenters.